The molecule has 1 aliphatic carbocycles. The molecule has 4 heteroatoms. The molecule has 0 bridgehead atoms. The fraction of sp³-hybridized carbons (Fsp3) is 0.714. The summed E-state index contributed by atoms with van der Waals surface area (Å²) in [7, 11) is 0. The first-order valence-corrected chi connectivity index (χ1v) is 6.69. The van der Waals surface area contributed by atoms with Gasteiger partial charge in [0.1, 0.15) is 6.04 Å². The van der Waals surface area contributed by atoms with Gasteiger partial charge >= 0.3 is 5.97 Å². The summed E-state index contributed by atoms with van der Waals surface area (Å²) in [6.45, 7) is 3.90. The van der Waals surface area contributed by atoms with Crippen molar-refractivity contribution < 1.29 is 14.7 Å². The van der Waals surface area contributed by atoms with Crippen LogP contribution in [0.25, 0.3) is 0 Å². The van der Waals surface area contributed by atoms with Gasteiger partial charge in [0.15, 0.2) is 0 Å². The van der Waals surface area contributed by atoms with Crippen molar-refractivity contribution in [3.05, 3.63) is 11.6 Å². The van der Waals surface area contributed by atoms with Crippen LogP contribution in [0.1, 0.15) is 52.4 Å². The number of carboxylic acids is 1. The SMILES string of the molecule is CC(C)C[C@H](NC(=O)CC1=CCCCC1)C(=O)O. The van der Waals surface area contributed by atoms with Gasteiger partial charge in [-0.1, -0.05) is 25.5 Å². The fourth-order valence-electron chi connectivity index (χ4n) is 2.21. The monoisotopic (exact) mass is 253 g/mol. The number of carbonyl (C=O) groups is 2. The van der Waals surface area contributed by atoms with Crippen molar-refractivity contribution >= 4 is 11.9 Å². The third-order valence-electron chi connectivity index (χ3n) is 3.11. The predicted molar refractivity (Wildman–Crippen MR) is 70.2 cm³/mol. The molecule has 0 saturated carbocycles. The largest absolute Gasteiger partial charge is 0.480 e. The number of hydrogen-bond donors (Lipinski definition) is 2. The number of allylic oxidation sites excluding steroid dienone is 1. The Hall–Kier alpha value is -1.32. The molecule has 0 aromatic rings. The quantitative estimate of drug-likeness (QED) is 0.715. The summed E-state index contributed by atoms with van der Waals surface area (Å²) in [6, 6.07) is -0.762. The van der Waals surface area contributed by atoms with E-state index in [4.69, 9.17) is 5.11 Å². The van der Waals surface area contributed by atoms with E-state index >= 15 is 0 Å². The van der Waals surface area contributed by atoms with E-state index in [9.17, 15) is 9.59 Å². The minimum atomic E-state index is -0.949. The molecule has 1 aliphatic rings. The lowest BCUT2D eigenvalue weighted by Gasteiger charge is -2.18. The van der Waals surface area contributed by atoms with Crippen LogP contribution in [0.3, 0.4) is 0 Å². The van der Waals surface area contributed by atoms with E-state index in [1.165, 1.54) is 6.42 Å². The number of carbonyl (C=O) groups excluding carboxylic acids is 1. The average Bonchev–Trinajstić information content (AvgIpc) is 2.28. The molecular weight excluding hydrogens is 230 g/mol. The number of carboxylic acid groups (broad SMARTS) is 1. The third kappa shape index (κ3) is 5.34. The Morgan fingerprint density at radius 3 is 2.61 bits per heavy atom. The van der Waals surface area contributed by atoms with Gasteiger partial charge in [-0.25, -0.2) is 4.79 Å². The Balaban J connectivity index is 2.45. The van der Waals surface area contributed by atoms with Gasteiger partial charge in [-0.15, -0.1) is 0 Å². The predicted octanol–water partition coefficient (Wildman–Crippen LogP) is 2.49. The second kappa shape index (κ2) is 7.19. The fourth-order valence-corrected chi connectivity index (χ4v) is 2.21. The molecule has 2 N–H and O–H groups in total. The molecule has 0 radical (unpaired) electrons. The van der Waals surface area contributed by atoms with Crippen molar-refractivity contribution in [2.45, 2.75) is 58.4 Å². The van der Waals surface area contributed by atoms with Crippen LogP contribution in [0.5, 0.6) is 0 Å². The molecule has 0 fully saturated rings. The molecule has 1 amide bonds. The van der Waals surface area contributed by atoms with E-state index in [2.05, 4.69) is 11.4 Å². The molecule has 102 valence electrons. The van der Waals surface area contributed by atoms with Crippen molar-refractivity contribution in [1.82, 2.24) is 5.32 Å². The second-order valence-corrected chi connectivity index (χ2v) is 5.37. The molecule has 0 saturated heterocycles. The van der Waals surface area contributed by atoms with Gasteiger partial charge in [-0.05, 0) is 38.0 Å². The zero-order chi connectivity index (χ0) is 13.5. The molecule has 0 aliphatic heterocycles. The number of rotatable bonds is 6. The van der Waals surface area contributed by atoms with Crippen molar-refractivity contribution in [2.24, 2.45) is 5.92 Å². The summed E-state index contributed by atoms with van der Waals surface area (Å²) in [6.07, 6.45) is 7.26. The number of aliphatic carboxylic acids is 1. The lowest BCUT2D eigenvalue weighted by atomic mass is 9.96. The van der Waals surface area contributed by atoms with Gasteiger partial charge in [0.05, 0.1) is 0 Å². The normalized spacial score (nSPS) is 17.2. The zero-order valence-electron chi connectivity index (χ0n) is 11.2. The Morgan fingerprint density at radius 1 is 1.39 bits per heavy atom. The summed E-state index contributed by atoms with van der Waals surface area (Å²) in [4.78, 5) is 22.8. The average molecular weight is 253 g/mol. The highest BCUT2D eigenvalue weighted by atomic mass is 16.4. The van der Waals surface area contributed by atoms with Gasteiger partial charge in [-0.3, -0.25) is 4.79 Å². The van der Waals surface area contributed by atoms with Gasteiger partial charge in [0.25, 0.3) is 0 Å². The van der Waals surface area contributed by atoms with Gasteiger partial charge in [0.2, 0.25) is 5.91 Å². The molecule has 1 rings (SSSR count). The van der Waals surface area contributed by atoms with Crippen molar-refractivity contribution in [3.63, 3.8) is 0 Å². The first-order chi connectivity index (χ1) is 8.49. The lowest BCUT2D eigenvalue weighted by molar-refractivity contribution is -0.142. The van der Waals surface area contributed by atoms with Crippen LogP contribution in [0.15, 0.2) is 11.6 Å². The maximum atomic E-state index is 11.8. The lowest BCUT2D eigenvalue weighted by Crippen LogP contribution is -2.41. The maximum absolute atomic E-state index is 11.8. The molecule has 0 aromatic carbocycles. The Labute approximate surface area is 108 Å². The first kappa shape index (κ1) is 14.7. The van der Waals surface area contributed by atoms with Gasteiger partial charge < -0.3 is 10.4 Å². The van der Waals surface area contributed by atoms with E-state index < -0.39 is 12.0 Å². The Morgan fingerprint density at radius 2 is 2.11 bits per heavy atom. The summed E-state index contributed by atoms with van der Waals surface area (Å²) in [5, 5.41) is 11.7. The molecule has 18 heavy (non-hydrogen) atoms. The van der Waals surface area contributed by atoms with Crippen LogP contribution in [-0.2, 0) is 9.59 Å². The number of nitrogens with one attached hydrogen (secondary N) is 1. The van der Waals surface area contributed by atoms with Gasteiger partial charge in [-0.2, -0.15) is 0 Å². The Kier molecular flexibility index (Phi) is 5.89. The molecule has 0 heterocycles. The van der Waals surface area contributed by atoms with Crippen LogP contribution in [0.2, 0.25) is 0 Å². The van der Waals surface area contributed by atoms with Crippen LogP contribution < -0.4 is 5.32 Å². The van der Waals surface area contributed by atoms with Crippen molar-refractivity contribution in [2.75, 3.05) is 0 Å². The summed E-state index contributed by atoms with van der Waals surface area (Å²) in [5.41, 5.74) is 1.15. The van der Waals surface area contributed by atoms with E-state index in [0.29, 0.717) is 12.8 Å². The smallest absolute Gasteiger partial charge is 0.326 e. The zero-order valence-corrected chi connectivity index (χ0v) is 11.2. The minimum Gasteiger partial charge on any atom is -0.480 e. The van der Waals surface area contributed by atoms with Crippen LogP contribution in [-0.4, -0.2) is 23.0 Å². The third-order valence-corrected chi connectivity index (χ3v) is 3.11. The summed E-state index contributed by atoms with van der Waals surface area (Å²) >= 11 is 0. The van der Waals surface area contributed by atoms with Crippen molar-refractivity contribution in [1.29, 1.82) is 0 Å². The Bertz CT molecular complexity index is 334. The highest BCUT2D eigenvalue weighted by molar-refractivity contribution is 5.84. The standard InChI is InChI=1S/C14H23NO3/c1-10(2)8-12(14(17)18)15-13(16)9-11-6-4-3-5-7-11/h6,10,12H,3-5,7-9H2,1-2H3,(H,15,16)(H,17,18)/t12-/m0/s1. The molecule has 0 unspecified atom stereocenters. The maximum Gasteiger partial charge on any atom is 0.326 e. The molecule has 0 spiro atoms. The highest BCUT2D eigenvalue weighted by Crippen LogP contribution is 2.20. The molecular formula is C14H23NO3. The molecule has 1 atom stereocenters. The molecule has 0 aromatic heterocycles. The van der Waals surface area contributed by atoms with E-state index in [-0.39, 0.29) is 11.8 Å². The van der Waals surface area contributed by atoms with Gasteiger partial charge in [0, 0.05) is 6.42 Å². The minimum absolute atomic E-state index is 0.170. The first-order valence-electron chi connectivity index (χ1n) is 6.69. The van der Waals surface area contributed by atoms with E-state index in [1.807, 2.05) is 13.8 Å². The topological polar surface area (TPSA) is 66.4 Å². The number of amides is 1. The van der Waals surface area contributed by atoms with E-state index in [0.717, 1.165) is 24.8 Å². The van der Waals surface area contributed by atoms with Crippen LogP contribution in [0.4, 0.5) is 0 Å². The van der Waals surface area contributed by atoms with Crippen LogP contribution in [0, 0.1) is 5.92 Å². The highest BCUT2D eigenvalue weighted by Gasteiger charge is 2.21. The molecule has 4 nitrogen and oxygen atoms in total. The number of hydrogen-bond acceptors (Lipinski definition) is 2. The second-order valence-electron chi connectivity index (χ2n) is 5.37. The van der Waals surface area contributed by atoms with Crippen molar-refractivity contribution in [3.8, 4) is 0 Å². The summed E-state index contributed by atoms with van der Waals surface area (Å²) < 4.78 is 0. The summed E-state index contributed by atoms with van der Waals surface area (Å²) in [5.74, 6) is -0.869. The van der Waals surface area contributed by atoms with E-state index in [1.54, 1.807) is 0 Å². The van der Waals surface area contributed by atoms with Crippen LogP contribution >= 0.6 is 0 Å².